The van der Waals surface area contributed by atoms with Crippen molar-refractivity contribution in [3.8, 4) is 6.01 Å². The summed E-state index contributed by atoms with van der Waals surface area (Å²) in [7, 11) is 2.16. The Bertz CT molecular complexity index is 1790. The fraction of sp³-hybridized carbons (Fsp3) is 0.500. The number of carbonyl (C=O) groups excluding carboxylic acids is 1. The molecular formula is C36H40ClF2N7O2. The number of likely N-dealkylation sites (tertiary alicyclic amines) is 1. The highest BCUT2D eigenvalue weighted by molar-refractivity contribution is 6.36. The van der Waals surface area contributed by atoms with Crippen LogP contribution in [-0.4, -0.2) is 91.2 Å². The van der Waals surface area contributed by atoms with E-state index < -0.39 is 23.6 Å². The number of nitrogens with zero attached hydrogens (tertiary/aromatic N) is 7. The number of hydrogen-bond acceptors (Lipinski definition) is 7. The van der Waals surface area contributed by atoms with Crippen molar-refractivity contribution in [3.63, 3.8) is 0 Å². The molecule has 2 atom stereocenters. The summed E-state index contributed by atoms with van der Waals surface area (Å²) in [6.45, 7) is 15.5. The van der Waals surface area contributed by atoms with Gasteiger partial charge in [0.2, 0.25) is 6.54 Å². The molecule has 1 saturated carbocycles. The molecule has 1 spiro atoms. The number of carbonyl (C=O) groups is 1. The SMILES string of the molecule is [C-]#[N+]C[C@H]1CN(c2nc(OCC3CCCCC34CN(C)C4)nc3c2CCN(c2cccc4ccc(F)c(Cl)c24)C3)CCN1C(=O)C(=C)F. The van der Waals surface area contributed by atoms with Gasteiger partial charge in [0.1, 0.15) is 17.7 Å². The molecule has 0 bridgehead atoms. The van der Waals surface area contributed by atoms with E-state index in [1.165, 1.54) is 30.2 Å². The molecule has 12 heteroatoms. The highest BCUT2D eigenvalue weighted by Gasteiger charge is 2.48. The summed E-state index contributed by atoms with van der Waals surface area (Å²) in [5.41, 5.74) is 2.89. The van der Waals surface area contributed by atoms with E-state index in [1.807, 2.05) is 18.2 Å². The van der Waals surface area contributed by atoms with Crippen molar-refractivity contribution in [2.75, 3.05) is 69.3 Å². The molecule has 1 aromatic heterocycles. The van der Waals surface area contributed by atoms with Gasteiger partial charge in [-0.15, -0.1) is 0 Å². The van der Waals surface area contributed by atoms with E-state index in [0.717, 1.165) is 47.7 Å². The third kappa shape index (κ3) is 5.94. The Kier molecular flexibility index (Phi) is 8.90. The van der Waals surface area contributed by atoms with Gasteiger partial charge in [0.05, 0.1) is 23.9 Å². The largest absolute Gasteiger partial charge is 0.463 e. The van der Waals surface area contributed by atoms with E-state index in [4.69, 9.17) is 32.9 Å². The number of fused-ring (bicyclic) bond motifs is 2. The number of amides is 1. The normalized spacial score (nSPS) is 22.3. The standard InChI is InChI=1S/C36H40ClF2N7O2/c1-23(38)34(47)46-16-15-45(18-26(46)17-40-2)33-27-12-14-44(30-9-6-7-24-10-11-28(39)32(37)31(24)30)19-29(27)41-35(42-33)48-20-25-8-4-5-13-36(25)21-43(3)22-36/h6-7,9-11,25-26H,1,4-5,8,12-22H2,3H3/t25?,26-/m0/s1. The van der Waals surface area contributed by atoms with Crippen LogP contribution in [0.3, 0.4) is 0 Å². The predicted molar refractivity (Wildman–Crippen MR) is 183 cm³/mol. The molecule has 48 heavy (non-hydrogen) atoms. The summed E-state index contributed by atoms with van der Waals surface area (Å²) < 4.78 is 35.0. The monoisotopic (exact) mass is 675 g/mol. The molecule has 0 radical (unpaired) electrons. The first-order valence-corrected chi connectivity index (χ1v) is 17.1. The Morgan fingerprint density at radius 1 is 1.17 bits per heavy atom. The van der Waals surface area contributed by atoms with Gasteiger partial charge in [-0.3, -0.25) is 4.79 Å². The van der Waals surface area contributed by atoms with Crippen LogP contribution in [0.5, 0.6) is 6.01 Å². The molecule has 3 aliphatic heterocycles. The zero-order valence-corrected chi connectivity index (χ0v) is 28.0. The fourth-order valence-corrected chi connectivity index (χ4v) is 8.73. The highest BCUT2D eigenvalue weighted by atomic mass is 35.5. The van der Waals surface area contributed by atoms with Crippen LogP contribution >= 0.6 is 11.6 Å². The Balaban J connectivity index is 1.22. The van der Waals surface area contributed by atoms with Gasteiger partial charge < -0.3 is 29.2 Å². The number of halogens is 3. The minimum absolute atomic E-state index is 0.0382. The molecule has 7 rings (SSSR count). The van der Waals surface area contributed by atoms with Crippen LogP contribution in [0.2, 0.25) is 5.02 Å². The lowest BCUT2D eigenvalue weighted by molar-refractivity contribution is -0.131. The highest BCUT2D eigenvalue weighted by Crippen LogP contribution is 2.47. The van der Waals surface area contributed by atoms with Crippen LogP contribution in [0.4, 0.5) is 20.3 Å². The predicted octanol–water partition coefficient (Wildman–Crippen LogP) is 5.91. The first-order valence-electron chi connectivity index (χ1n) is 16.7. The second-order valence-corrected chi connectivity index (χ2v) is 14.2. The summed E-state index contributed by atoms with van der Waals surface area (Å²) in [6, 6.07) is 8.75. The fourth-order valence-electron chi connectivity index (χ4n) is 8.47. The Morgan fingerprint density at radius 3 is 2.77 bits per heavy atom. The maximum atomic E-state index is 14.6. The smallest absolute Gasteiger partial charge is 0.318 e. The van der Waals surface area contributed by atoms with Gasteiger partial charge in [-0.05, 0) is 43.8 Å². The van der Waals surface area contributed by atoms with Gasteiger partial charge in [0, 0.05) is 67.2 Å². The lowest BCUT2D eigenvalue weighted by Crippen LogP contribution is -2.60. The molecule has 4 aliphatic rings. The molecule has 1 amide bonds. The van der Waals surface area contributed by atoms with E-state index in [1.54, 1.807) is 6.07 Å². The second-order valence-electron chi connectivity index (χ2n) is 13.8. The van der Waals surface area contributed by atoms with Crippen LogP contribution in [0.1, 0.15) is 36.9 Å². The number of aromatic nitrogens is 2. The van der Waals surface area contributed by atoms with E-state index in [9.17, 15) is 13.6 Å². The van der Waals surface area contributed by atoms with Crippen molar-refractivity contribution in [2.45, 2.75) is 44.7 Å². The third-order valence-corrected chi connectivity index (χ3v) is 11.1. The minimum Gasteiger partial charge on any atom is -0.463 e. The van der Waals surface area contributed by atoms with Gasteiger partial charge in [0.25, 0.3) is 5.91 Å². The lowest BCUT2D eigenvalue weighted by Gasteiger charge is -2.55. The molecule has 0 N–H and O–H groups in total. The molecule has 9 nitrogen and oxygen atoms in total. The summed E-state index contributed by atoms with van der Waals surface area (Å²) in [5.74, 6) is -1.13. The summed E-state index contributed by atoms with van der Waals surface area (Å²) in [6.07, 6.45) is 5.38. The topological polar surface area (TPSA) is 69.4 Å². The number of ether oxygens (including phenoxy) is 1. The van der Waals surface area contributed by atoms with Crippen LogP contribution in [-0.2, 0) is 17.8 Å². The molecular weight excluding hydrogens is 636 g/mol. The first-order chi connectivity index (χ1) is 23.2. The van der Waals surface area contributed by atoms with Crippen molar-refractivity contribution in [1.82, 2.24) is 19.8 Å². The molecule has 2 aromatic carbocycles. The number of hydrogen-bond donors (Lipinski definition) is 0. The Morgan fingerprint density at radius 2 is 2.00 bits per heavy atom. The molecule has 1 unspecified atom stereocenters. The first kappa shape index (κ1) is 32.5. The number of rotatable bonds is 7. The second kappa shape index (κ2) is 13.1. The molecule has 3 aromatic rings. The third-order valence-electron chi connectivity index (χ3n) is 10.8. The molecule has 4 heterocycles. The van der Waals surface area contributed by atoms with Gasteiger partial charge >= 0.3 is 6.01 Å². The van der Waals surface area contributed by atoms with Crippen LogP contribution in [0.15, 0.2) is 42.7 Å². The molecule has 252 valence electrons. The van der Waals surface area contributed by atoms with E-state index in [0.29, 0.717) is 56.5 Å². The summed E-state index contributed by atoms with van der Waals surface area (Å²) >= 11 is 6.52. The van der Waals surface area contributed by atoms with Gasteiger partial charge in [-0.2, -0.15) is 9.97 Å². The van der Waals surface area contributed by atoms with Crippen LogP contribution in [0.25, 0.3) is 15.6 Å². The number of anilines is 2. The van der Waals surface area contributed by atoms with Gasteiger partial charge in [-0.25, -0.2) is 15.4 Å². The summed E-state index contributed by atoms with van der Waals surface area (Å²) in [4.78, 5) is 34.2. The zero-order valence-electron chi connectivity index (χ0n) is 27.2. The average Bonchev–Trinajstić information content (AvgIpc) is 3.08. The van der Waals surface area contributed by atoms with Crippen molar-refractivity contribution in [3.05, 3.63) is 76.3 Å². The van der Waals surface area contributed by atoms with Crippen LogP contribution < -0.4 is 14.5 Å². The lowest BCUT2D eigenvalue weighted by atomic mass is 9.62. The van der Waals surface area contributed by atoms with Crippen LogP contribution in [0, 0.1) is 23.7 Å². The van der Waals surface area contributed by atoms with Crippen molar-refractivity contribution >= 4 is 39.8 Å². The van der Waals surface area contributed by atoms with E-state index in [-0.39, 0.29) is 23.5 Å². The van der Waals surface area contributed by atoms with Crippen molar-refractivity contribution < 1.29 is 18.3 Å². The van der Waals surface area contributed by atoms with Gasteiger partial charge in [0.15, 0.2) is 5.83 Å². The van der Waals surface area contributed by atoms with E-state index in [2.05, 4.69) is 33.2 Å². The molecule has 3 fully saturated rings. The summed E-state index contributed by atoms with van der Waals surface area (Å²) in [5, 5.41) is 1.62. The zero-order chi connectivity index (χ0) is 33.6. The minimum atomic E-state index is -1.03. The Hall–Kier alpha value is -4.01. The number of piperazine rings is 1. The maximum absolute atomic E-state index is 14.6. The van der Waals surface area contributed by atoms with E-state index >= 15 is 0 Å². The number of benzene rings is 2. The molecule has 1 aliphatic carbocycles. The maximum Gasteiger partial charge on any atom is 0.318 e. The quantitative estimate of drug-likeness (QED) is 0.228. The van der Waals surface area contributed by atoms with Crippen molar-refractivity contribution in [1.29, 1.82) is 0 Å². The van der Waals surface area contributed by atoms with Crippen molar-refractivity contribution in [2.24, 2.45) is 11.3 Å². The average molecular weight is 676 g/mol. The molecule has 2 saturated heterocycles. The van der Waals surface area contributed by atoms with Gasteiger partial charge in [-0.1, -0.05) is 49.2 Å². The Labute approximate surface area is 284 Å².